The highest BCUT2D eigenvalue weighted by Crippen LogP contribution is 2.30. The molecule has 0 radical (unpaired) electrons. The maximum atomic E-state index is 13.9. The summed E-state index contributed by atoms with van der Waals surface area (Å²) in [6.45, 7) is 15.5. The molecule has 280 valence electrons. The lowest BCUT2D eigenvalue weighted by molar-refractivity contribution is -0.0110. The van der Waals surface area contributed by atoms with Gasteiger partial charge in [-0.05, 0) is 121 Å². The van der Waals surface area contributed by atoms with Crippen molar-refractivity contribution in [3.8, 4) is 17.4 Å². The molecule has 2 amide bonds. The number of likely N-dealkylation sites (tertiary alicyclic amines) is 1. The second-order valence-corrected chi connectivity index (χ2v) is 16.1. The van der Waals surface area contributed by atoms with Gasteiger partial charge >= 0.3 is 6.09 Å². The smallest absolute Gasteiger partial charge is 0.410 e. The molecule has 9 nitrogen and oxygen atoms in total. The molecule has 4 aromatic rings. The number of nitrogens with zero attached hydrogens (tertiary/aromatic N) is 2. The zero-order chi connectivity index (χ0) is 38.3. The first-order chi connectivity index (χ1) is 25.1. The number of rotatable bonds is 12. The van der Waals surface area contributed by atoms with Gasteiger partial charge in [-0.1, -0.05) is 53.6 Å². The van der Waals surface area contributed by atoms with Crippen LogP contribution in [0.4, 0.5) is 4.79 Å². The summed E-state index contributed by atoms with van der Waals surface area (Å²) in [5.41, 5.74) is 4.11. The summed E-state index contributed by atoms with van der Waals surface area (Å²) >= 11 is 6.63. The summed E-state index contributed by atoms with van der Waals surface area (Å²) in [5, 5.41) is 20.0. The first-order valence-corrected chi connectivity index (χ1v) is 18.7. The molecule has 3 aromatic carbocycles. The standard InChI is InChI=1S/C43H52ClN5O4/c1-28-8-14-32(15-9-28)29(2)46-27-36-17-19-39(52-36)33-16-18-38(44)37(23-33)40(50)48-35(22-30-10-12-31(25-45)13-11-30)26-47-34-20-21-49(43(6,7)24-34)41(51)53-42(3,4)5/h8-19,23,29,34-35,46-47H,20-22,24,26-27H2,1-7H3,(H,48,50)/t29?,34-,35?/m1/s1. The number of halogens is 1. The number of hydrogen-bond acceptors (Lipinski definition) is 7. The molecule has 5 rings (SSSR count). The van der Waals surface area contributed by atoms with E-state index in [0.29, 0.717) is 48.0 Å². The van der Waals surface area contributed by atoms with Crippen molar-refractivity contribution in [1.82, 2.24) is 20.9 Å². The van der Waals surface area contributed by atoms with Gasteiger partial charge in [0.15, 0.2) is 0 Å². The van der Waals surface area contributed by atoms with Gasteiger partial charge in [-0.3, -0.25) is 4.79 Å². The molecular weight excluding hydrogens is 686 g/mol. The monoisotopic (exact) mass is 737 g/mol. The third-order valence-corrected chi connectivity index (χ3v) is 9.99. The average Bonchev–Trinajstić information content (AvgIpc) is 3.58. The average molecular weight is 738 g/mol. The van der Waals surface area contributed by atoms with E-state index in [2.05, 4.69) is 74.0 Å². The molecule has 2 unspecified atom stereocenters. The number of amides is 2. The van der Waals surface area contributed by atoms with Gasteiger partial charge in [0.1, 0.15) is 17.1 Å². The van der Waals surface area contributed by atoms with E-state index in [-0.39, 0.29) is 30.1 Å². The Morgan fingerprint density at radius 1 is 1.06 bits per heavy atom. The minimum atomic E-state index is -0.569. The Balaban J connectivity index is 1.26. The predicted molar refractivity (Wildman–Crippen MR) is 210 cm³/mol. The third kappa shape index (κ3) is 11.0. The Hall–Kier alpha value is -4.62. The SMILES string of the molecule is Cc1ccc(C(C)NCc2ccc(-c3ccc(Cl)c(C(=O)NC(CN[C@@H]4CCN(C(=O)OC(C)(C)C)C(C)(C)C4)Cc4ccc(C#N)cc4)c3)o2)cc1. The fraction of sp³-hybridized carbons (Fsp3) is 0.419. The van der Waals surface area contributed by atoms with Crippen LogP contribution in [0.25, 0.3) is 11.3 Å². The van der Waals surface area contributed by atoms with Crippen molar-refractivity contribution in [2.75, 3.05) is 13.1 Å². The van der Waals surface area contributed by atoms with E-state index >= 15 is 0 Å². The molecule has 3 atom stereocenters. The molecule has 1 aliphatic rings. The number of furan rings is 1. The fourth-order valence-corrected chi connectivity index (χ4v) is 6.89. The van der Waals surface area contributed by atoms with E-state index in [1.807, 2.05) is 56.0 Å². The van der Waals surface area contributed by atoms with Crippen molar-refractivity contribution in [2.45, 2.75) is 104 Å². The van der Waals surface area contributed by atoms with E-state index in [1.165, 1.54) is 11.1 Å². The molecule has 3 N–H and O–H groups in total. The van der Waals surface area contributed by atoms with Crippen molar-refractivity contribution in [2.24, 2.45) is 0 Å². The lowest BCUT2D eigenvalue weighted by Gasteiger charge is -2.46. The minimum Gasteiger partial charge on any atom is -0.460 e. The van der Waals surface area contributed by atoms with Crippen LogP contribution in [-0.4, -0.2) is 53.2 Å². The van der Waals surface area contributed by atoms with Gasteiger partial charge in [-0.15, -0.1) is 0 Å². The molecule has 1 saturated heterocycles. The van der Waals surface area contributed by atoms with Crippen LogP contribution in [0.5, 0.6) is 0 Å². The summed E-state index contributed by atoms with van der Waals surface area (Å²) in [7, 11) is 0. The molecule has 2 heterocycles. The van der Waals surface area contributed by atoms with Gasteiger partial charge in [0.25, 0.3) is 5.91 Å². The van der Waals surface area contributed by atoms with Crippen LogP contribution in [-0.2, 0) is 17.7 Å². The number of nitriles is 1. The maximum Gasteiger partial charge on any atom is 0.410 e. The Morgan fingerprint density at radius 2 is 1.77 bits per heavy atom. The zero-order valence-electron chi connectivity index (χ0n) is 31.9. The van der Waals surface area contributed by atoms with Gasteiger partial charge in [0.05, 0.1) is 28.8 Å². The Kier molecular flexibility index (Phi) is 12.7. The summed E-state index contributed by atoms with van der Waals surface area (Å²) in [5.74, 6) is 1.14. The molecule has 10 heteroatoms. The van der Waals surface area contributed by atoms with Crippen LogP contribution in [0.1, 0.15) is 98.8 Å². The summed E-state index contributed by atoms with van der Waals surface area (Å²) < 4.78 is 11.9. The summed E-state index contributed by atoms with van der Waals surface area (Å²) in [4.78, 5) is 28.7. The second-order valence-electron chi connectivity index (χ2n) is 15.7. The Morgan fingerprint density at radius 3 is 2.43 bits per heavy atom. The normalized spacial score (nSPS) is 16.7. The number of benzene rings is 3. The van der Waals surface area contributed by atoms with Crippen molar-refractivity contribution in [3.05, 3.63) is 117 Å². The number of piperidine rings is 1. The second kappa shape index (κ2) is 17.0. The van der Waals surface area contributed by atoms with Crippen molar-refractivity contribution >= 4 is 23.6 Å². The molecule has 0 spiro atoms. The summed E-state index contributed by atoms with van der Waals surface area (Å²) in [6.07, 6.45) is 1.71. The van der Waals surface area contributed by atoms with Gasteiger partial charge < -0.3 is 30.0 Å². The van der Waals surface area contributed by atoms with Gasteiger partial charge in [0, 0.05) is 42.3 Å². The number of carbonyl (C=O) groups is 2. The van der Waals surface area contributed by atoms with Crippen LogP contribution < -0.4 is 16.0 Å². The number of nitrogens with one attached hydrogen (secondary N) is 3. The van der Waals surface area contributed by atoms with E-state index in [4.69, 9.17) is 20.8 Å². The number of carbonyl (C=O) groups excluding carboxylic acids is 2. The lowest BCUT2D eigenvalue weighted by Crippen LogP contribution is -2.58. The number of ether oxygens (including phenoxy) is 1. The van der Waals surface area contributed by atoms with Crippen molar-refractivity contribution in [1.29, 1.82) is 5.26 Å². The lowest BCUT2D eigenvalue weighted by atomic mass is 9.87. The highest BCUT2D eigenvalue weighted by atomic mass is 35.5. The van der Waals surface area contributed by atoms with E-state index in [0.717, 1.165) is 29.7 Å². The molecule has 0 aliphatic carbocycles. The van der Waals surface area contributed by atoms with Crippen LogP contribution in [0.15, 0.2) is 83.3 Å². The fourth-order valence-electron chi connectivity index (χ4n) is 6.69. The first-order valence-electron chi connectivity index (χ1n) is 18.3. The molecule has 0 bridgehead atoms. The molecular formula is C43H52ClN5O4. The highest BCUT2D eigenvalue weighted by molar-refractivity contribution is 6.34. The van der Waals surface area contributed by atoms with E-state index < -0.39 is 11.1 Å². The molecule has 0 saturated carbocycles. The van der Waals surface area contributed by atoms with Crippen molar-refractivity contribution in [3.63, 3.8) is 0 Å². The first kappa shape index (κ1) is 39.6. The zero-order valence-corrected chi connectivity index (χ0v) is 32.6. The number of hydrogen-bond donors (Lipinski definition) is 3. The molecule has 1 fully saturated rings. The van der Waals surface area contributed by atoms with E-state index in [9.17, 15) is 14.9 Å². The molecule has 53 heavy (non-hydrogen) atoms. The molecule has 1 aromatic heterocycles. The van der Waals surface area contributed by atoms with Crippen LogP contribution >= 0.6 is 11.6 Å². The topological polar surface area (TPSA) is 120 Å². The minimum absolute atomic E-state index is 0.124. The quantitative estimate of drug-likeness (QED) is 0.133. The van der Waals surface area contributed by atoms with Crippen LogP contribution in [0.3, 0.4) is 0 Å². The Bertz CT molecular complexity index is 1910. The maximum absolute atomic E-state index is 13.9. The van der Waals surface area contributed by atoms with Crippen LogP contribution in [0.2, 0.25) is 5.02 Å². The van der Waals surface area contributed by atoms with Gasteiger partial charge in [-0.2, -0.15) is 5.26 Å². The van der Waals surface area contributed by atoms with E-state index in [1.54, 1.807) is 24.3 Å². The highest BCUT2D eigenvalue weighted by Gasteiger charge is 2.39. The van der Waals surface area contributed by atoms with Crippen molar-refractivity contribution < 1.29 is 18.7 Å². The number of aryl methyl sites for hydroxylation is 1. The Labute approximate surface area is 319 Å². The molecule has 1 aliphatic heterocycles. The predicted octanol–water partition coefficient (Wildman–Crippen LogP) is 8.74. The third-order valence-electron chi connectivity index (χ3n) is 9.66. The largest absolute Gasteiger partial charge is 0.460 e. The van der Waals surface area contributed by atoms with Gasteiger partial charge in [0.2, 0.25) is 0 Å². The van der Waals surface area contributed by atoms with Gasteiger partial charge in [-0.25, -0.2) is 4.79 Å². The van der Waals surface area contributed by atoms with Crippen LogP contribution in [0, 0.1) is 18.3 Å². The summed E-state index contributed by atoms with van der Waals surface area (Å²) in [6, 6.07) is 27.2.